The Morgan fingerprint density at radius 2 is 1.94 bits per heavy atom. The Kier molecular flexibility index (Phi) is 3.05. The van der Waals surface area contributed by atoms with Crippen molar-refractivity contribution < 1.29 is 5.11 Å². The fraction of sp³-hybridized carbons (Fsp3) is 0.0769. The van der Waals surface area contributed by atoms with Crippen LogP contribution < -0.4 is 5.32 Å². The minimum absolute atomic E-state index is 0.00131. The van der Waals surface area contributed by atoms with Gasteiger partial charge in [-0.25, -0.2) is 5.53 Å². The molecule has 4 nitrogen and oxygen atoms in total. The van der Waals surface area contributed by atoms with Crippen molar-refractivity contribution in [3.8, 4) is 5.75 Å². The summed E-state index contributed by atoms with van der Waals surface area (Å²) in [5.41, 5.74) is 10.0. The number of aromatic hydroxyl groups is 1. The van der Waals surface area contributed by atoms with Crippen LogP contribution in [0.5, 0.6) is 5.75 Å². The molecule has 4 heteroatoms. The summed E-state index contributed by atoms with van der Waals surface area (Å²) in [6, 6.07) is 12.8. The average Bonchev–Trinajstić information content (AvgIpc) is 2.32. The van der Waals surface area contributed by atoms with Crippen molar-refractivity contribution in [2.75, 3.05) is 5.32 Å². The van der Waals surface area contributed by atoms with Crippen molar-refractivity contribution in [2.45, 2.75) is 6.92 Å². The first-order valence-electron chi connectivity index (χ1n) is 5.24. The summed E-state index contributed by atoms with van der Waals surface area (Å²) in [4.78, 5) is 0. The van der Waals surface area contributed by atoms with Crippen LogP contribution in [-0.4, -0.2) is 5.11 Å². The van der Waals surface area contributed by atoms with Gasteiger partial charge in [0.1, 0.15) is 11.4 Å². The van der Waals surface area contributed by atoms with Crippen molar-refractivity contribution in [3.63, 3.8) is 0 Å². The molecule has 86 valence electrons. The van der Waals surface area contributed by atoms with E-state index in [1.54, 1.807) is 18.2 Å². The number of nitrogens with zero attached hydrogens (tertiary/aromatic N) is 1. The molecule has 0 saturated heterocycles. The molecule has 0 fully saturated rings. The van der Waals surface area contributed by atoms with Gasteiger partial charge in [0.2, 0.25) is 0 Å². The van der Waals surface area contributed by atoms with Crippen molar-refractivity contribution in [3.05, 3.63) is 48.0 Å². The molecule has 0 aromatic heterocycles. The Morgan fingerprint density at radius 3 is 2.59 bits per heavy atom. The first-order chi connectivity index (χ1) is 8.20. The maximum absolute atomic E-state index is 9.58. The lowest BCUT2D eigenvalue weighted by Crippen LogP contribution is -1.92. The summed E-state index contributed by atoms with van der Waals surface area (Å²) in [5.74, 6) is -0.00131. The largest absolute Gasteiger partial charge is 0.506 e. The van der Waals surface area contributed by atoms with Crippen molar-refractivity contribution in [1.29, 1.82) is 5.53 Å². The smallest absolute Gasteiger partial charge is 0.145 e. The molecule has 2 aromatic rings. The zero-order valence-corrected chi connectivity index (χ0v) is 9.44. The molecule has 2 aromatic carbocycles. The van der Waals surface area contributed by atoms with Crippen LogP contribution in [0.25, 0.3) is 0 Å². The predicted molar refractivity (Wildman–Crippen MR) is 67.4 cm³/mol. The molecule has 0 bridgehead atoms. The Balaban J connectivity index is 2.28. The maximum atomic E-state index is 9.58. The van der Waals surface area contributed by atoms with Gasteiger partial charge in [-0.2, -0.15) is 5.11 Å². The van der Waals surface area contributed by atoms with Gasteiger partial charge < -0.3 is 10.4 Å². The van der Waals surface area contributed by atoms with E-state index in [1.807, 2.05) is 31.2 Å². The van der Waals surface area contributed by atoms with Gasteiger partial charge in [0.15, 0.2) is 0 Å². The highest BCUT2D eigenvalue weighted by Gasteiger charge is 2.02. The summed E-state index contributed by atoms with van der Waals surface area (Å²) >= 11 is 0. The van der Waals surface area contributed by atoms with Gasteiger partial charge in [0.05, 0.1) is 0 Å². The third-order valence-electron chi connectivity index (χ3n) is 2.52. The van der Waals surface area contributed by atoms with E-state index in [2.05, 4.69) is 10.4 Å². The van der Waals surface area contributed by atoms with Crippen LogP contribution in [-0.2, 0) is 0 Å². The van der Waals surface area contributed by atoms with Crippen LogP contribution in [0.4, 0.5) is 17.1 Å². The first kappa shape index (κ1) is 11.1. The highest BCUT2D eigenvalue weighted by Crippen LogP contribution is 2.30. The Hall–Kier alpha value is -2.36. The molecule has 0 radical (unpaired) electrons. The molecule has 2 rings (SSSR count). The molecular weight excluding hydrogens is 214 g/mol. The van der Waals surface area contributed by atoms with E-state index in [-0.39, 0.29) is 11.4 Å². The highest BCUT2D eigenvalue weighted by molar-refractivity contribution is 5.67. The molecule has 0 unspecified atom stereocenters. The standard InChI is InChI=1S/C13H13N3O/c1-9-4-2-3-5-11(9)15-10-6-7-12(16-14)13(17)8-10/h2-8,14-15,17H,1H3. The van der Waals surface area contributed by atoms with Gasteiger partial charge >= 0.3 is 0 Å². The summed E-state index contributed by atoms with van der Waals surface area (Å²) in [7, 11) is 0. The number of phenols is 1. The van der Waals surface area contributed by atoms with Crippen LogP contribution in [0, 0.1) is 12.5 Å². The number of rotatable bonds is 3. The molecule has 0 spiro atoms. The quantitative estimate of drug-likeness (QED) is 0.691. The summed E-state index contributed by atoms with van der Waals surface area (Å²) in [5, 5.41) is 16.0. The number of benzene rings is 2. The van der Waals surface area contributed by atoms with Crippen molar-refractivity contribution in [2.24, 2.45) is 5.11 Å². The molecule has 0 aliphatic carbocycles. The van der Waals surface area contributed by atoms with Crippen LogP contribution >= 0.6 is 0 Å². The minimum atomic E-state index is -0.00131. The molecule has 0 heterocycles. The summed E-state index contributed by atoms with van der Waals surface area (Å²) in [6.45, 7) is 2.01. The molecule has 0 amide bonds. The third kappa shape index (κ3) is 2.42. The number of phenolic OH excluding ortho intramolecular Hbond substituents is 1. The fourth-order valence-corrected chi connectivity index (χ4v) is 1.56. The van der Waals surface area contributed by atoms with E-state index in [0.717, 1.165) is 16.9 Å². The first-order valence-corrected chi connectivity index (χ1v) is 5.24. The second-order valence-electron chi connectivity index (χ2n) is 3.76. The van der Waals surface area contributed by atoms with Gasteiger partial charge in [-0.3, -0.25) is 0 Å². The Labute approximate surface area is 99.4 Å². The van der Waals surface area contributed by atoms with Crippen molar-refractivity contribution >= 4 is 17.1 Å². The van der Waals surface area contributed by atoms with E-state index in [1.165, 1.54) is 0 Å². The summed E-state index contributed by atoms with van der Waals surface area (Å²) in [6.07, 6.45) is 0. The normalized spacial score (nSPS) is 9.94. The number of para-hydroxylation sites is 1. The lowest BCUT2D eigenvalue weighted by molar-refractivity contribution is 0.476. The molecular formula is C13H13N3O. The maximum Gasteiger partial charge on any atom is 0.145 e. The second kappa shape index (κ2) is 4.65. The zero-order chi connectivity index (χ0) is 12.3. The minimum Gasteiger partial charge on any atom is -0.506 e. The SMILES string of the molecule is Cc1ccccc1Nc1ccc(N=N)c(O)c1. The van der Waals surface area contributed by atoms with Gasteiger partial charge in [0.25, 0.3) is 0 Å². The van der Waals surface area contributed by atoms with Crippen molar-refractivity contribution in [1.82, 2.24) is 0 Å². The van der Waals surface area contributed by atoms with Gasteiger partial charge in [-0.1, -0.05) is 18.2 Å². The van der Waals surface area contributed by atoms with Gasteiger partial charge in [-0.05, 0) is 30.7 Å². The lowest BCUT2D eigenvalue weighted by Gasteiger charge is -2.09. The van der Waals surface area contributed by atoms with Gasteiger partial charge in [-0.15, -0.1) is 0 Å². The van der Waals surface area contributed by atoms with Gasteiger partial charge in [0, 0.05) is 17.4 Å². The van der Waals surface area contributed by atoms with E-state index in [4.69, 9.17) is 5.53 Å². The number of nitrogens with one attached hydrogen (secondary N) is 2. The summed E-state index contributed by atoms with van der Waals surface area (Å²) < 4.78 is 0. The fourth-order valence-electron chi connectivity index (χ4n) is 1.56. The predicted octanol–water partition coefficient (Wildman–Crippen LogP) is 4.11. The average molecular weight is 227 g/mol. The number of hydrogen-bond acceptors (Lipinski definition) is 4. The third-order valence-corrected chi connectivity index (χ3v) is 2.52. The van der Waals surface area contributed by atoms with E-state index >= 15 is 0 Å². The number of anilines is 2. The topological polar surface area (TPSA) is 68.5 Å². The van der Waals surface area contributed by atoms with E-state index in [0.29, 0.717) is 0 Å². The highest BCUT2D eigenvalue weighted by atomic mass is 16.3. The number of hydrogen-bond donors (Lipinski definition) is 3. The monoisotopic (exact) mass is 227 g/mol. The molecule has 0 aliphatic rings. The Bertz CT molecular complexity index is 552. The van der Waals surface area contributed by atoms with Crippen LogP contribution in [0.3, 0.4) is 0 Å². The molecule has 0 saturated carbocycles. The van der Waals surface area contributed by atoms with E-state index in [9.17, 15) is 5.11 Å². The molecule has 3 N–H and O–H groups in total. The Morgan fingerprint density at radius 1 is 1.18 bits per heavy atom. The second-order valence-corrected chi connectivity index (χ2v) is 3.76. The number of aryl methyl sites for hydroxylation is 1. The molecule has 17 heavy (non-hydrogen) atoms. The van der Waals surface area contributed by atoms with Crippen LogP contribution in [0.1, 0.15) is 5.56 Å². The van der Waals surface area contributed by atoms with E-state index < -0.39 is 0 Å². The molecule has 0 atom stereocenters. The zero-order valence-electron chi connectivity index (χ0n) is 9.44. The van der Waals surface area contributed by atoms with Crippen LogP contribution in [0.2, 0.25) is 0 Å². The lowest BCUT2D eigenvalue weighted by atomic mass is 10.2. The van der Waals surface area contributed by atoms with Crippen LogP contribution in [0.15, 0.2) is 47.6 Å². The molecule has 0 aliphatic heterocycles.